The molecule has 8 nitrogen and oxygen atoms in total. The van der Waals surface area contributed by atoms with Gasteiger partial charge in [0.05, 0.1) is 0 Å². The number of nitrogens with zero attached hydrogens (tertiary/aromatic N) is 1. The molecule has 1 heterocycles. The Morgan fingerprint density at radius 1 is 1.24 bits per heavy atom. The molecule has 0 spiro atoms. The van der Waals surface area contributed by atoms with E-state index in [2.05, 4.69) is 15.2 Å². The summed E-state index contributed by atoms with van der Waals surface area (Å²) in [5.41, 5.74) is 1.01. The standard InChI is InChI=1S/C16H21N3O5S/c1-11-16(12(2)24-19-11)25(22,23)18-10-8-15(21)17-9-7-13-5-3-4-6-14(13)20/h3-6,18,20H,7-10H2,1-2H3,(H,17,21). The van der Waals surface area contributed by atoms with Crippen LogP contribution in [-0.4, -0.2) is 37.7 Å². The van der Waals surface area contributed by atoms with E-state index in [-0.39, 0.29) is 41.0 Å². The summed E-state index contributed by atoms with van der Waals surface area (Å²) in [4.78, 5) is 11.8. The van der Waals surface area contributed by atoms with Crippen molar-refractivity contribution in [2.75, 3.05) is 13.1 Å². The number of phenols is 1. The number of carbonyl (C=O) groups is 1. The van der Waals surface area contributed by atoms with Gasteiger partial charge in [-0.2, -0.15) is 0 Å². The molecule has 0 saturated heterocycles. The average molecular weight is 367 g/mol. The second-order valence-corrected chi connectivity index (χ2v) is 7.23. The van der Waals surface area contributed by atoms with E-state index >= 15 is 0 Å². The SMILES string of the molecule is Cc1noc(C)c1S(=O)(=O)NCCC(=O)NCCc1ccccc1O. The van der Waals surface area contributed by atoms with Crippen molar-refractivity contribution in [3.8, 4) is 5.75 Å². The van der Waals surface area contributed by atoms with E-state index in [1.807, 2.05) is 0 Å². The lowest BCUT2D eigenvalue weighted by molar-refractivity contribution is -0.120. The molecule has 1 aromatic carbocycles. The number of hydrogen-bond acceptors (Lipinski definition) is 6. The van der Waals surface area contributed by atoms with E-state index < -0.39 is 10.0 Å². The van der Waals surface area contributed by atoms with Gasteiger partial charge in [0, 0.05) is 19.5 Å². The molecule has 0 saturated carbocycles. The van der Waals surface area contributed by atoms with Crippen LogP contribution in [0.15, 0.2) is 33.7 Å². The number of para-hydroxylation sites is 1. The lowest BCUT2D eigenvalue weighted by Crippen LogP contribution is -2.32. The second kappa shape index (κ2) is 8.13. The lowest BCUT2D eigenvalue weighted by atomic mass is 10.1. The first kappa shape index (κ1) is 18.9. The van der Waals surface area contributed by atoms with Crippen LogP contribution in [0.4, 0.5) is 0 Å². The van der Waals surface area contributed by atoms with Crippen LogP contribution >= 0.6 is 0 Å². The van der Waals surface area contributed by atoms with Crippen molar-refractivity contribution in [3.63, 3.8) is 0 Å². The van der Waals surface area contributed by atoms with E-state index in [1.165, 1.54) is 13.8 Å². The number of rotatable bonds is 8. The number of sulfonamides is 1. The van der Waals surface area contributed by atoms with Crippen molar-refractivity contribution in [3.05, 3.63) is 41.3 Å². The highest BCUT2D eigenvalue weighted by molar-refractivity contribution is 7.89. The van der Waals surface area contributed by atoms with E-state index in [0.717, 1.165) is 5.56 Å². The molecule has 136 valence electrons. The molecule has 25 heavy (non-hydrogen) atoms. The van der Waals surface area contributed by atoms with Gasteiger partial charge in [-0.1, -0.05) is 23.4 Å². The van der Waals surface area contributed by atoms with Crippen LogP contribution in [0.2, 0.25) is 0 Å². The third-order valence-electron chi connectivity index (χ3n) is 3.59. The molecule has 2 aromatic rings. The van der Waals surface area contributed by atoms with Crippen molar-refractivity contribution < 1.29 is 22.8 Å². The first-order chi connectivity index (χ1) is 11.8. The molecule has 3 N–H and O–H groups in total. The molecular formula is C16H21N3O5S. The monoisotopic (exact) mass is 367 g/mol. The van der Waals surface area contributed by atoms with Crippen molar-refractivity contribution in [2.45, 2.75) is 31.6 Å². The lowest BCUT2D eigenvalue weighted by Gasteiger charge is -2.08. The number of phenolic OH excluding ortho intramolecular Hbond substituents is 1. The predicted molar refractivity (Wildman–Crippen MR) is 90.6 cm³/mol. The van der Waals surface area contributed by atoms with Gasteiger partial charge in [0.2, 0.25) is 15.9 Å². The molecule has 1 amide bonds. The number of hydrogen-bond donors (Lipinski definition) is 3. The highest BCUT2D eigenvalue weighted by Crippen LogP contribution is 2.18. The summed E-state index contributed by atoms with van der Waals surface area (Å²) in [5.74, 6) is 0.109. The minimum atomic E-state index is -3.76. The van der Waals surface area contributed by atoms with Crippen molar-refractivity contribution in [2.24, 2.45) is 0 Å². The van der Waals surface area contributed by atoms with Crippen LogP contribution in [0.5, 0.6) is 5.75 Å². The maximum atomic E-state index is 12.2. The Bertz CT molecular complexity index is 826. The van der Waals surface area contributed by atoms with Crippen LogP contribution < -0.4 is 10.0 Å². The van der Waals surface area contributed by atoms with Gasteiger partial charge in [-0.25, -0.2) is 13.1 Å². The van der Waals surface area contributed by atoms with E-state index in [0.29, 0.717) is 13.0 Å². The molecule has 2 rings (SSSR count). The zero-order chi connectivity index (χ0) is 18.4. The number of benzene rings is 1. The van der Waals surface area contributed by atoms with Gasteiger partial charge < -0.3 is 14.9 Å². The van der Waals surface area contributed by atoms with Gasteiger partial charge in [-0.05, 0) is 31.9 Å². The zero-order valence-corrected chi connectivity index (χ0v) is 14.9. The molecule has 0 unspecified atom stereocenters. The summed E-state index contributed by atoms with van der Waals surface area (Å²) in [5, 5.41) is 15.9. The molecule has 0 aliphatic carbocycles. The normalized spacial score (nSPS) is 11.4. The molecule has 0 aliphatic heterocycles. The first-order valence-corrected chi connectivity index (χ1v) is 9.25. The van der Waals surface area contributed by atoms with Gasteiger partial charge in [-0.15, -0.1) is 0 Å². The van der Waals surface area contributed by atoms with Crippen molar-refractivity contribution in [1.82, 2.24) is 15.2 Å². The van der Waals surface area contributed by atoms with Crippen LogP contribution in [0.25, 0.3) is 0 Å². The fourth-order valence-corrected chi connectivity index (χ4v) is 3.73. The van der Waals surface area contributed by atoms with Crippen molar-refractivity contribution >= 4 is 15.9 Å². The maximum absolute atomic E-state index is 12.2. The smallest absolute Gasteiger partial charge is 0.245 e. The number of aromatic hydroxyl groups is 1. The summed E-state index contributed by atoms with van der Waals surface area (Å²) in [7, 11) is -3.76. The average Bonchev–Trinajstić information content (AvgIpc) is 2.88. The summed E-state index contributed by atoms with van der Waals surface area (Å²) < 4.78 is 31.6. The fourth-order valence-electron chi connectivity index (χ4n) is 2.38. The zero-order valence-electron chi connectivity index (χ0n) is 14.1. The van der Waals surface area contributed by atoms with Gasteiger partial charge in [0.1, 0.15) is 16.3 Å². The highest BCUT2D eigenvalue weighted by atomic mass is 32.2. The van der Waals surface area contributed by atoms with E-state index in [1.54, 1.807) is 24.3 Å². The Morgan fingerprint density at radius 3 is 2.60 bits per heavy atom. The van der Waals surface area contributed by atoms with Crippen LogP contribution in [0.3, 0.4) is 0 Å². The Kier molecular flexibility index (Phi) is 6.16. The van der Waals surface area contributed by atoms with Gasteiger partial charge in [0.25, 0.3) is 0 Å². The molecular weight excluding hydrogens is 346 g/mol. The minimum Gasteiger partial charge on any atom is -0.508 e. The van der Waals surface area contributed by atoms with Crippen LogP contribution in [0.1, 0.15) is 23.4 Å². The summed E-state index contributed by atoms with van der Waals surface area (Å²) >= 11 is 0. The number of aromatic nitrogens is 1. The second-order valence-electron chi connectivity index (χ2n) is 5.53. The largest absolute Gasteiger partial charge is 0.508 e. The van der Waals surface area contributed by atoms with Crippen molar-refractivity contribution in [1.29, 1.82) is 0 Å². The molecule has 0 fully saturated rings. The molecule has 0 radical (unpaired) electrons. The summed E-state index contributed by atoms with van der Waals surface area (Å²) in [6, 6.07) is 6.89. The van der Waals surface area contributed by atoms with Crippen LogP contribution in [0, 0.1) is 13.8 Å². The minimum absolute atomic E-state index is 0.00335. The van der Waals surface area contributed by atoms with E-state index in [9.17, 15) is 18.3 Å². The van der Waals surface area contributed by atoms with Gasteiger partial charge >= 0.3 is 0 Å². The molecule has 0 bridgehead atoms. The van der Waals surface area contributed by atoms with Crippen LogP contribution in [-0.2, 0) is 21.2 Å². The highest BCUT2D eigenvalue weighted by Gasteiger charge is 2.23. The quantitative estimate of drug-likeness (QED) is 0.640. The number of aryl methyl sites for hydroxylation is 2. The topological polar surface area (TPSA) is 122 Å². The number of amides is 1. The van der Waals surface area contributed by atoms with E-state index in [4.69, 9.17) is 4.52 Å². The Balaban J connectivity index is 1.76. The fraction of sp³-hybridized carbons (Fsp3) is 0.375. The number of nitrogens with one attached hydrogen (secondary N) is 2. The molecule has 0 atom stereocenters. The third-order valence-corrected chi connectivity index (χ3v) is 5.29. The molecule has 9 heteroatoms. The summed E-state index contributed by atoms with van der Waals surface area (Å²) in [6.45, 7) is 3.37. The van der Waals surface area contributed by atoms with Gasteiger partial charge in [-0.3, -0.25) is 4.79 Å². The Labute approximate surface area is 146 Å². The third kappa shape index (κ3) is 5.04. The summed E-state index contributed by atoms with van der Waals surface area (Å²) in [6.07, 6.45) is 0.493. The predicted octanol–water partition coefficient (Wildman–Crippen LogP) is 1.02. The first-order valence-electron chi connectivity index (χ1n) is 7.77. The maximum Gasteiger partial charge on any atom is 0.245 e. The Morgan fingerprint density at radius 2 is 1.96 bits per heavy atom. The van der Waals surface area contributed by atoms with Gasteiger partial charge in [0.15, 0.2) is 5.76 Å². The Hall–Kier alpha value is -2.39. The molecule has 1 aromatic heterocycles. The number of carbonyl (C=O) groups excluding carboxylic acids is 1. The molecule has 0 aliphatic rings.